The van der Waals surface area contributed by atoms with Crippen LogP contribution in [0.15, 0.2) is 12.2 Å². The summed E-state index contributed by atoms with van der Waals surface area (Å²) in [5.74, 6) is -11.0. The van der Waals surface area contributed by atoms with Crippen LogP contribution in [0, 0.1) is 34.0 Å². The van der Waals surface area contributed by atoms with Gasteiger partial charge in [0, 0.05) is 75.2 Å². The maximum absolute atomic E-state index is 13.6. The van der Waals surface area contributed by atoms with Gasteiger partial charge in [-0.2, -0.15) is 0 Å². The topological polar surface area (TPSA) is 346 Å². The lowest BCUT2D eigenvalue weighted by Gasteiger charge is -2.64. The highest BCUT2D eigenvalue weighted by Gasteiger charge is 2.70. The summed E-state index contributed by atoms with van der Waals surface area (Å²) < 4.78 is 92.1. The van der Waals surface area contributed by atoms with Crippen molar-refractivity contribution < 1.29 is 129 Å². The zero-order valence-corrected chi connectivity index (χ0v) is 50.8. The van der Waals surface area contributed by atoms with Gasteiger partial charge in [0.25, 0.3) is 0 Å². The third-order valence-electron chi connectivity index (χ3n) is 18.3. The van der Waals surface area contributed by atoms with E-state index in [9.17, 15) is 57.8 Å². The zero-order valence-electron chi connectivity index (χ0n) is 50.8. The standard InChI is InChI=1S/C59H82O27/c1-27-22-58-19-15-42-56(12,17-14-18-57(42,13)55(70)71)43(58)16-20-59(27,26-58)86-54-52(85-53-51(81-37(11)69)49(80-36(10)68)46(77-33(7)65)40(83-53)24-73-29(3)61)50(47(78-34(8)66)41(84-54)25-74-30(4)62)82-39-21-38(23-72-28(2)60)44(75-31(5)63)48(79-35(9)67)45(39)76-32(6)64/h38-54H,1,14-26H2,2-13H3,(H,70,71)/t38?,39?,40?,41?,42?,43?,44?,45?,46?,47?,48?,49?,50?,51?,52?,53?,54?,56-,57-,58-,59+/m1/s1. The number of ether oxygens (including phenoxy) is 15. The molecule has 5 saturated carbocycles. The predicted molar refractivity (Wildman–Crippen MR) is 286 cm³/mol. The number of carboxylic acid groups (broad SMARTS) is 1. The predicted octanol–water partition coefficient (Wildman–Crippen LogP) is 4.00. The minimum atomic E-state index is -2.02. The molecule has 0 radical (unpaired) electrons. The van der Waals surface area contributed by atoms with Crippen LogP contribution in [0.1, 0.15) is 147 Å². The van der Waals surface area contributed by atoms with Crippen molar-refractivity contribution in [2.75, 3.05) is 19.8 Å². The first kappa shape index (κ1) is 67.2. The van der Waals surface area contributed by atoms with E-state index in [1.165, 1.54) is 0 Å². The van der Waals surface area contributed by atoms with Crippen molar-refractivity contribution in [1.29, 1.82) is 0 Å². The Morgan fingerprint density at radius 3 is 1.47 bits per heavy atom. The highest BCUT2D eigenvalue weighted by atomic mass is 16.8. The molecule has 0 amide bonds. The fourth-order valence-corrected chi connectivity index (χ4v) is 15.4. The minimum absolute atomic E-state index is 0.0206. The molecule has 1 spiro atoms. The number of hydrogen-bond acceptors (Lipinski definition) is 26. The number of fused-ring (bicyclic) bond motifs is 3. The molecular formula is C59H82O27. The largest absolute Gasteiger partial charge is 0.481 e. The summed E-state index contributed by atoms with van der Waals surface area (Å²) in [7, 11) is 0. The number of esters is 10. The molecule has 27 nitrogen and oxygen atoms in total. The summed E-state index contributed by atoms with van der Waals surface area (Å²) in [6.07, 6.45) is -19.6. The Hall–Kier alpha value is -6.29. The molecule has 7 rings (SSSR count). The molecule has 2 aliphatic heterocycles. The highest BCUT2D eigenvalue weighted by molar-refractivity contribution is 5.75. The number of rotatable bonds is 20. The summed E-state index contributed by atoms with van der Waals surface area (Å²) in [5.41, 5.74) is -2.43. The third kappa shape index (κ3) is 14.6. The van der Waals surface area contributed by atoms with Gasteiger partial charge in [-0.15, -0.1) is 0 Å². The summed E-state index contributed by atoms with van der Waals surface area (Å²) in [6.45, 7) is 17.4. The Morgan fingerprint density at radius 1 is 0.488 bits per heavy atom. The van der Waals surface area contributed by atoms with Gasteiger partial charge >= 0.3 is 65.7 Å². The minimum Gasteiger partial charge on any atom is -0.481 e. The van der Waals surface area contributed by atoms with Gasteiger partial charge in [0.05, 0.1) is 23.7 Å². The Labute approximate surface area is 497 Å². The number of carbonyl (C=O) groups excluding carboxylic acids is 10. The number of aliphatic carboxylic acids is 1. The van der Waals surface area contributed by atoms with Crippen LogP contribution in [0.4, 0.5) is 0 Å². The summed E-state index contributed by atoms with van der Waals surface area (Å²) in [5, 5.41) is 10.7. The Morgan fingerprint density at radius 2 is 0.942 bits per heavy atom. The Kier molecular flexibility index (Phi) is 21.1. The fourth-order valence-electron chi connectivity index (χ4n) is 15.4. The lowest BCUT2D eigenvalue weighted by Crippen LogP contribution is -2.69. The van der Waals surface area contributed by atoms with Crippen LogP contribution in [-0.2, 0) is 124 Å². The molecule has 2 bridgehead atoms. The van der Waals surface area contributed by atoms with Crippen molar-refractivity contribution in [1.82, 2.24) is 0 Å². The second-order valence-corrected chi connectivity index (χ2v) is 24.4. The van der Waals surface area contributed by atoms with Crippen molar-refractivity contribution in [2.24, 2.45) is 34.0 Å². The second-order valence-electron chi connectivity index (χ2n) is 24.4. The van der Waals surface area contributed by atoms with Crippen molar-refractivity contribution in [3.05, 3.63) is 12.2 Å². The molecule has 480 valence electrons. The third-order valence-corrected chi connectivity index (χ3v) is 18.3. The smallest absolute Gasteiger partial charge is 0.309 e. The molecule has 7 fully saturated rings. The molecule has 2 heterocycles. The first-order valence-electron chi connectivity index (χ1n) is 29.0. The number of carbonyl (C=O) groups is 11. The summed E-state index contributed by atoms with van der Waals surface area (Å²) >= 11 is 0. The monoisotopic (exact) mass is 1220 g/mol. The highest BCUT2D eigenvalue weighted by Crippen LogP contribution is 2.73. The molecule has 2 saturated heterocycles. The van der Waals surface area contributed by atoms with Crippen molar-refractivity contribution in [3.8, 4) is 0 Å². The van der Waals surface area contributed by atoms with Gasteiger partial charge in [-0.1, -0.05) is 19.9 Å². The van der Waals surface area contributed by atoms with E-state index >= 15 is 0 Å². The SMILES string of the molecule is C=C1C[C@@]23CCC4[C@@](C)(CCC[C@@]4(C)C(=O)O)C2CC[C@]1(OC1OC(COC(C)=O)C(OC(C)=O)C(OC2CC(COC(C)=O)C(OC(C)=O)C(OC(C)=O)C2OC(C)=O)C1OC1OC(COC(C)=O)C(OC(C)=O)C(OC(C)=O)C1OC(C)=O)C3. The van der Waals surface area contributed by atoms with Gasteiger partial charge in [-0.25, -0.2) is 0 Å². The molecule has 0 aromatic rings. The second kappa shape index (κ2) is 27.0. The van der Waals surface area contributed by atoms with Gasteiger partial charge in [-0.05, 0) is 93.0 Å². The van der Waals surface area contributed by atoms with Gasteiger partial charge in [0.15, 0.2) is 49.2 Å². The van der Waals surface area contributed by atoms with Crippen molar-refractivity contribution >= 4 is 65.7 Å². The van der Waals surface area contributed by atoms with Gasteiger partial charge in [-0.3, -0.25) is 52.7 Å². The van der Waals surface area contributed by atoms with Crippen LogP contribution in [0.2, 0.25) is 0 Å². The van der Waals surface area contributed by atoms with Crippen LogP contribution in [0.3, 0.4) is 0 Å². The molecule has 0 aromatic carbocycles. The molecule has 27 heteroatoms. The van der Waals surface area contributed by atoms with Crippen molar-refractivity contribution in [3.63, 3.8) is 0 Å². The van der Waals surface area contributed by atoms with Crippen LogP contribution in [0.5, 0.6) is 0 Å². The molecule has 7 aliphatic rings. The van der Waals surface area contributed by atoms with Crippen LogP contribution < -0.4 is 0 Å². The van der Waals surface area contributed by atoms with Gasteiger partial charge < -0.3 is 76.2 Å². The molecule has 21 atom stereocenters. The number of carboxylic acids is 1. The average Bonchev–Trinajstić information content (AvgIpc) is 1.40. The zero-order chi connectivity index (χ0) is 63.5. The van der Waals surface area contributed by atoms with E-state index in [4.69, 9.17) is 71.1 Å². The Bertz CT molecular complexity index is 2640. The summed E-state index contributed by atoms with van der Waals surface area (Å²) in [4.78, 5) is 143. The van der Waals surface area contributed by atoms with Crippen LogP contribution in [0.25, 0.3) is 0 Å². The molecule has 17 unspecified atom stereocenters. The van der Waals surface area contributed by atoms with Gasteiger partial charge in [0.1, 0.15) is 43.7 Å². The van der Waals surface area contributed by atoms with Crippen LogP contribution in [-0.4, -0.2) is 182 Å². The molecule has 1 N–H and O–H groups in total. The van der Waals surface area contributed by atoms with E-state index in [1.54, 1.807) is 0 Å². The van der Waals surface area contributed by atoms with Crippen LogP contribution >= 0.6 is 0 Å². The Balaban J connectivity index is 1.44. The van der Waals surface area contributed by atoms with Crippen molar-refractivity contribution in [2.45, 2.75) is 239 Å². The summed E-state index contributed by atoms with van der Waals surface area (Å²) in [6, 6.07) is 0. The van der Waals surface area contributed by atoms with E-state index in [0.717, 1.165) is 75.7 Å². The maximum Gasteiger partial charge on any atom is 0.309 e. The lowest BCUT2D eigenvalue weighted by atomic mass is 9.41. The normalized spacial score (nSPS) is 38.8. The number of hydrogen-bond donors (Lipinski definition) is 1. The van der Waals surface area contributed by atoms with E-state index in [1.807, 2.05) is 6.92 Å². The molecule has 0 aromatic heterocycles. The van der Waals surface area contributed by atoms with E-state index in [-0.39, 0.29) is 18.3 Å². The first-order valence-corrected chi connectivity index (χ1v) is 29.0. The molecule has 5 aliphatic carbocycles. The quantitative estimate of drug-likeness (QED) is 0.0779. The maximum atomic E-state index is 13.6. The molecule has 86 heavy (non-hydrogen) atoms. The first-order chi connectivity index (χ1) is 40.2. The van der Waals surface area contributed by atoms with Gasteiger partial charge in [0.2, 0.25) is 0 Å². The average molecular weight is 1220 g/mol. The molecular weight excluding hydrogens is 1140 g/mol. The van der Waals surface area contributed by atoms with E-state index < -0.39 is 199 Å². The van der Waals surface area contributed by atoms with E-state index in [0.29, 0.717) is 56.9 Å². The van der Waals surface area contributed by atoms with E-state index in [2.05, 4.69) is 13.5 Å². The lowest BCUT2D eigenvalue weighted by molar-refractivity contribution is -0.386. The fraction of sp³-hybridized carbons (Fsp3) is 0.780.